The second kappa shape index (κ2) is 11.1. The maximum absolute atomic E-state index is 12.4. The van der Waals surface area contributed by atoms with Crippen LogP contribution in [0.1, 0.15) is 39.0 Å². The van der Waals surface area contributed by atoms with Crippen LogP contribution in [-0.4, -0.2) is 21.1 Å². The molecule has 0 unspecified atom stereocenters. The number of benzene rings is 2. The van der Waals surface area contributed by atoms with Gasteiger partial charge >= 0.3 is 6.09 Å². The Balaban J connectivity index is 1.84. The third-order valence-corrected chi connectivity index (χ3v) is 5.91. The minimum atomic E-state index is -3.71. The molecular weight excluding hydrogens is 444 g/mol. The molecule has 0 saturated carbocycles. The summed E-state index contributed by atoms with van der Waals surface area (Å²) in [5, 5.41) is 2.60. The van der Waals surface area contributed by atoms with E-state index in [1.165, 1.54) is 37.1 Å². The zero-order chi connectivity index (χ0) is 20.4. The average molecular weight is 469 g/mol. The van der Waals surface area contributed by atoms with Crippen molar-refractivity contribution >= 4 is 43.4 Å². The fraction of sp³-hybridized carbons (Fsp3) is 0.350. The van der Waals surface area contributed by atoms with Crippen LogP contribution < -0.4 is 10.0 Å². The summed E-state index contributed by atoms with van der Waals surface area (Å²) in [6, 6.07) is 12.7. The summed E-state index contributed by atoms with van der Waals surface area (Å²) >= 11 is 3.31. The number of ether oxygens (including phenoxy) is 1. The molecule has 0 aliphatic rings. The molecule has 0 spiro atoms. The predicted octanol–water partition coefficient (Wildman–Crippen LogP) is 5.77. The number of unbranched alkanes of at least 4 members (excludes halogenated alkanes) is 4. The van der Waals surface area contributed by atoms with E-state index in [0.717, 1.165) is 23.7 Å². The molecule has 1 amide bonds. The van der Waals surface area contributed by atoms with Gasteiger partial charge in [0.05, 0.1) is 11.5 Å². The van der Waals surface area contributed by atoms with E-state index in [2.05, 4.69) is 32.9 Å². The molecule has 0 fully saturated rings. The van der Waals surface area contributed by atoms with E-state index in [1.54, 1.807) is 24.3 Å². The molecule has 0 aromatic heterocycles. The van der Waals surface area contributed by atoms with Gasteiger partial charge in [0.2, 0.25) is 0 Å². The van der Waals surface area contributed by atoms with Gasteiger partial charge in [0.15, 0.2) is 0 Å². The van der Waals surface area contributed by atoms with Crippen LogP contribution in [-0.2, 0) is 14.8 Å². The van der Waals surface area contributed by atoms with Gasteiger partial charge in [0.1, 0.15) is 0 Å². The van der Waals surface area contributed by atoms with Crippen LogP contribution in [0.4, 0.5) is 16.2 Å². The van der Waals surface area contributed by atoms with Crippen LogP contribution in [0.25, 0.3) is 0 Å². The van der Waals surface area contributed by atoms with Gasteiger partial charge < -0.3 is 4.74 Å². The predicted molar refractivity (Wildman–Crippen MR) is 115 cm³/mol. The van der Waals surface area contributed by atoms with Crippen molar-refractivity contribution < 1.29 is 17.9 Å². The molecule has 0 bridgehead atoms. The highest BCUT2D eigenvalue weighted by molar-refractivity contribution is 9.10. The van der Waals surface area contributed by atoms with E-state index >= 15 is 0 Å². The van der Waals surface area contributed by atoms with Gasteiger partial charge in [-0.15, -0.1) is 0 Å². The van der Waals surface area contributed by atoms with Gasteiger partial charge in [-0.2, -0.15) is 0 Å². The van der Waals surface area contributed by atoms with Crippen LogP contribution in [0.5, 0.6) is 0 Å². The van der Waals surface area contributed by atoms with Crippen LogP contribution in [0.15, 0.2) is 57.9 Å². The monoisotopic (exact) mass is 468 g/mol. The summed E-state index contributed by atoms with van der Waals surface area (Å²) in [6.07, 6.45) is 4.85. The van der Waals surface area contributed by atoms with Gasteiger partial charge in [-0.25, -0.2) is 13.2 Å². The van der Waals surface area contributed by atoms with Crippen molar-refractivity contribution in [3.63, 3.8) is 0 Å². The first-order valence-electron chi connectivity index (χ1n) is 9.23. The summed E-state index contributed by atoms with van der Waals surface area (Å²) < 4.78 is 33.4. The smallest absolute Gasteiger partial charge is 0.411 e. The number of amides is 1. The van der Waals surface area contributed by atoms with Crippen molar-refractivity contribution in [1.29, 1.82) is 0 Å². The first-order valence-corrected chi connectivity index (χ1v) is 11.5. The molecule has 2 aromatic carbocycles. The second-order valence-electron chi connectivity index (χ2n) is 6.31. The first-order chi connectivity index (χ1) is 13.4. The molecule has 0 atom stereocenters. The Morgan fingerprint density at radius 2 is 1.54 bits per heavy atom. The fourth-order valence-corrected chi connectivity index (χ4v) is 3.80. The van der Waals surface area contributed by atoms with Crippen LogP contribution in [0.3, 0.4) is 0 Å². The lowest BCUT2D eigenvalue weighted by atomic mass is 10.2. The minimum absolute atomic E-state index is 0.102. The van der Waals surface area contributed by atoms with Crippen molar-refractivity contribution in [2.75, 3.05) is 16.6 Å². The second-order valence-corrected chi connectivity index (χ2v) is 8.91. The molecule has 2 rings (SSSR count). The summed E-state index contributed by atoms with van der Waals surface area (Å²) in [5.41, 5.74) is 0.937. The number of hydrogen-bond donors (Lipinski definition) is 2. The quantitative estimate of drug-likeness (QED) is 0.433. The van der Waals surface area contributed by atoms with E-state index in [9.17, 15) is 13.2 Å². The molecule has 0 aliphatic carbocycles. The van der Waals surface area contributed by atoms with Gasteiger partial charge in [-0.05, 0) is 55.0 Å². The molecule has 0 saturated heterocycles. The molecule has 0 heterocycles. The average Bonchev–Trinajstić information content (AvgIpc) is 2.67. The van der Waals surface area contributed by atoms with Gasteiger partial charge in [-0.1, -0.05) is 48.5 Å². The zero-order valence-corrected chi connectivity index (χ0v) is 18.2. The van der Waals surface area contributed by atoms with Crippen molar-refractivity contribution in [1.82, 2.24) is 0 Å². The highest BCUT2D eigenvalue weighted by Crippen LogP contribution is 2.20. The van der Waals surface area contributed by atoms with E-state index in [1.807, 2.05) is 0 Å². The summed E-state index contributed by atoms with van der Waals surface area (Å²) in [4.78, 5) is 11.9. The van der Waals surface area contributed by atoms with Crippen molar-refractivity contribution in [3.8, 4) is 0 Å². The molecule has 8 heteroatoms. The molecule has 0 radical (unpaired) electrons. The minimum Gasteiger partial charge on any atom is -0.449 e. The van der Waals surface area contributed by atoms with Crippen molar-refractivity contribution in [2.45, 2.75) is 43.9 Å². The summed E-state index contributed by atoms with van der Waals surface area (Å²) in [6.45, 7) is 2.52. The fourth-order valence-electron chi connectivity index (χ4n) is 2.47. The van der Waals surface area contributed by atoms with Gasteiger partial charge in [0.25, 0.3) is 10.0 Å². The Morgan fingerprint density at radius 1 is 0.929 bits per heavy atom. The van der Waals surface area contributed by atoms with Gasteiger partial charge in [0, 0.05) is 15.8 Å². The lowest BCUT2D eigenvalue weighted by molar-refractivity contribution is 0.159. The van der Waals surface area contributed by atoms with Crippen molar-refractivity contribution in [3.05, 3.63) is 53.0 Å². The third kappa shape index (κ3) is 7.52. The number of carbonyl (C=O) groups is 1. The molecule has 2 aromatic rings. The summed E-state index contributed by atoms with van der Waals surface area (Å²) in [7, 11) is -3.71. The van der Waals surface area contributed by atoms with E-state index in [4.69, 9.17) is 4.74 Å². The van der Waals surface area contributed by atoms with Crippen LogP contribution >= 0.6 is 15.9 Å². The Hall–Kier alpha value is -2.06. The first kappa shape index (κ1) is 22.2. The normalized spacial score (nSPS) is 11.1. The topological polar surface area (TPSA) is 84.5 Å². The maximum Gasteiger partial charge on any atom is 0.411 e. The number of carbonyl (C=O) groups excluding carboxylic acids is 1. The highest BCUT2D eigenvalue weighted by Gasteiger charge is 2.14. The number of rotatable bonds is 10. The standard InChI is InChI=1S/C20H25BrN2O4S/c1-2-3-4-5-6-15-27-20(24)22-17-11-13-19(14-12-17)28(25,26)23-18-9-7-16(21)8-10-18/h7-14,23H,2-6,15H2,1H3,(H,22,24). The number of halogens is 1. The largest absolute Gasteiger partial charge is 0.449 e. The third-order valence-electron chi connectivity index (χ3n) is 3.99. The number of sulfonamides is 1. The van der Waals surface area contributed by atoms with Gasteiger partial charge in [-0.3, -0.25) is 10.0 Å². The molecule has 2 N–H and O–H groups in total. The SMILES string of the molecule is CCCCCCCOC(=O)Nc1ccc(S(=O)(=O)Nc2ccc(Br)cc2)cc1. The molecule has 0 aliphatic heterocycles. The zero-order valence-electron chi connectivity index (χ0n) is 15.8. The van der Waals surface area contributed by atoms with E-state index < -0.39 is 16.1 Å². The summed E-state index contributed by atoms with van der Waals surface area (Å²) in [5.74, 6) is 0. The maximum atomic E-state index is 12.4. The number of nitrogens with one attached hydrogen (secondary N) is 2. The van der Waals surface area contributed by atoms with Crippen LogP contribution in [0.2, 0.25) is 0 Å². The van der Waals surface area contributed by atoms with E-state index in [0.29, 0.717) is 18.0 Å². The highest BCUT2D eigenvalue weighted by atomic mass is 79.9. The molecule has 28 heavy (non-hydrogen) atoms. The molecule has 152 valence electrons. The Labute approximate surface area is 174 Å². The molecular formula is C20H25BrN2O4S. The number of hydrogen-bond acceptors (Lipinski definition) is 4. The Kier molecular flexibility index (Phi) is 8.79. The Bertz CT molecular complexity index is 853. The molecule has 6 nitrogen and oxygen atoms in total. The lowest BCUT2D eigenvalue weighted by Crippen LogP contribution is -2.15. The lowest BCUT2D eigenvalue weighted by Gasteiger charge is -2.10. The van der Waals surface area contributed by atoms with Crippen LogP contribution in [0, 0.1) is 0 Å². The number of anilines is 2. The Morgan fingerprint density at radius 3 is 2.18 bits per heavy atom. The van der Waals surface area contributed by atoms with E-state index in [-0.39, 0.29) is 4.90 Å². The van der Waals surface area contributed by atoms with Crippen molar-refractivity contribution in [2.24, 2.45) is 0 Å².